The van der Waals surface area contributed by atoms with Crippen molar-refractivity contribution in [3.05, 3.63) is 11.6 Å². The van der Waals surface area contributed by atoms with Crippen molar-refractivity contribution in [3.63, 3.8) is 0 Å². The molecule has 7 nitrogen and oxygen atoms in total. The van der Waals surface area contributed by atoms with Gasteiger partial charge in [-0.15, -0.1) is 0 Å². The normalized spacial score (nSPS) is 46.8. The van der Waals surface area contributed by atoms with Gasteiger partial charge in [-0.1, -0.05) is 66.0 Å². The highest BCUT2D eigenvalue weighted by molar-refractivity contribution is 5.73. The third-order valence-corrected chi connectivity index (χ3v) is 13.4. The second-order valence-electron chi connectivity index (χ2n) is 15.7. The molecule has 240 valence electrons. The zero-order chi connectivity index (χ0) is 30.6. The second kappa shape index (κ2) is 12.4. The molecule has 0 aromatic carbocycles. The molecule has 5 rings (SSSR count). The van der Waals surface area contributed by atoms with Crippen LogP contribution in [-0.4, -0.2) is 63.2 Å². The van der Waals surface area contributed by atoms with Gasteiger partial charge in [-0.05, 0) is 110 Å². The van der Waals surface area contributed by atoms with E-state index < -0.39 is 36.7 Å². The van der Waals surface area contributed by atoms with Crippen LogP contribution in [0.15, 0.2) is 11.6 Å². The lowest BCUT2D eigenvalue weighted by atomic mass is 9.47. The Morgan fingerprint density at radius 3 is 2.40 bits per heavy atom. The summed E-state index contributed by atoms with van der Waals surface area (Å²) in [5.74, 6) is 4.08. The molecule has 0 bridgehead atoms. The lowest BCUT2D eigenvalue weighted by molar-refractivity contribution is -0.306. The van der Waals surface area contributed by atoms with Crippen molar-refractivity contribution in [2.45, 2.75) is 149 Å². The molecule has 4 aliphatic carbocycles. The van der Waals surface area contributed by atoms with Gasteiger partial charge in [-0.25, -0.2) is 4.79 Å². The third kappa shape index (κ3) is 5.63. The third-order valence-electron chi connectivity index (χ3n) is 13.4. The number of aliphatic hydroxyl groups is 3. The summed E-state index contributed by atoms with van der Waals surface area (Å²) in [5, 5.41) is 40.1. The lowest BCUT2D eigenvalue weighted by Crippen LogP contribution is -2.61. The number of carboxylic acid groups (broad SMARTS) is 1. The number of hydrogen-bond acceptors (Lipinski definition) is 6. The highest BCUT2D eigenvalue weighted by atomic mass is 16.7. The summed E-state index contributed by atoms with van der Waals surface area (Å²) in [6.07, 6.45) is 7.59. The largest absolute Gasteiger partial charge is 0.479 e. The van der Waals surface area contributed by atoms with Gasteiger partial charge < -0.3 is 29.9 Å². The lowest BCUT2D eigenvalue weighted by Gasteiger charge is -2.58. The molecule has 0 amide bonds. The number of aliphatic hydroxyl groups excluding tert-OH is 3. The molecule has 0 radical (unpaired) electrons. The molecule has 1 heterocycles. The van der Waals surface area contributed by atoms with Crippen LogP contribution in [0.3, 0.4) is 0 Å². The molecule has 4 N–H and O–H groups in total. The molecule has 3 saturated carbocycles. The van der Waals surface area contributed by atoms with E-state index in [9.17, 15) is 25.2 Å². The van der Waals surface area contributed by atoms with E-state index in [4.69, 9.17) is 9.47 Å². The summed E-state index contributed by atoms with van der Waals surface area (Å²) >= 11 is 0. The number of allylic oxidation sites excluding steroid dienone is 1. The van der Waals surface area contributed by atoms with Crippen LogP contribution < -0.4 is 0 Å². The Morgan fingerprint density at radius 1 is 1.00 bits per heavy atom. The number of fused-ring (bicyclic) bond motifs is 5. The Morgan fingerprint density at radius 2 is 1.74 bits per heavy atom. The SMILES string of the molecule is CC[C@H](CC[C@@H](C)[C@H]1CC[C@H]2[C@@H]3CC=C4CC(O[C@@H]5O[C@H](C(=O)O)[C@@H](O)[C@H](O)[C@H]5O)CC[C@]4(C)[C@H]3CC[C@]12C)C(C)C. The molecule has 5 aliphatic rings. The molecule has 1 aliphatic heterocycles. The fourth-order valence-electron chi connectivity index (χ4n) is 10.8. The average molecular weight is 591 g/mol. The first-order valence-electron chi connectivity index (χ1n) is 17.1. The van der Waals surface area contributed by atoms with Gasteiger partial charge >= 0.3 is 5.97 Å². The summed E-state index contributed by atoms with van der Waals surface area (Å²) < 4.78 is 11.5. The summed E-state index contributed by atoms with van der Waals surface area (Å²) in [6.45, 7) is 14.8. The van der Waals surface area contributed by atoms with Gasteiger partial charge in [0.25, 0.3) is 0 Å². The van der Waals surface area contributed by atoms with Crippen LogP contribution in [0.1, 0.15) is 112 Å². The molecule has 1 saturated heterocycles. The van der Waals surface area contributed by atoms with Crippen molar-refractivity contribution >= 4 is 5.97 Å². The molecular weight excluding hydrogens is 532 g/mol. The minimum absolute atomic E-state index is 0.144. The predicted molar refractivity (Wildman–Crippen MR) is 161 cm³/mol. The van der Waals surface area contributed by atoms with E-state index in [0.717, 1.165) is 61.2 Å². The van der Waals surface area contributed by atoms with Crippen LogP contribution in [-0.2, 0) is 14.3 Å². The van der Waals surface area contributed by atoms with Gasteiger partial charge in [0.2, 0.25) is 0 Å². The molecule has 4 fully saturated rings. The summed E-state index contributed by atoms with van der Waals surface area (Å²) in [4.78, 5) is 11.5. The number of aliphatic carboxylic acids is 1. The first kappa shape index (κ1) is 32.4. The van der Waals surface area contributed by atoms with E-state index >= 15 is 0 Å². The van der Waals surface area contributed by atoms with Crippen molar-refractivity contribution in [1.82, 2.24) is 0 Å². The summed E-state index contributed by atoms with van der Waals surface area (Å²) in [6, 6.07) is 0. The molecular formula is C35H58O7. The van der Waals surface area contributed by atoms with E-state index in [2.05, 4.69) is 47.6 Å². The van der Waals surface area contributed by atoms with Crippen LogP contribution in [0.4, 0.5) is 0 Å². The van der Waals surface area contributed by atoms with Gasteiger partial charge in [0, 0.05) is 0 Å². The Balaban J connectivity index is 1.24. The molecule has 0 spiro atoms. The van der Waals surface area contributed by atoms with Crippen molar-refractivity contribution < 1.29 is 34.7 Å². The van der Waals surface area contributed by atoms with Crippen LogP contribution in [0.2, 0.25) is 0 Å². The highest BCUT2D eigenvalue weighted by Gasteiger charge is 2.59. The van der Waals surface area contributed by atoms with E-state index in [1.54, 1.807) is 0 Å². The molecule has 42 heavy (non-hydrogen) atoms. The Bertz CT molecular complexity index is 996. The number of carboxylic acids is 1. The highest BCUT2D eigenvalue weighted by Crippen LogP contribution is 2.67. The maximum Gasteiger partial charge on any atom is 0.335 e. The molecule has 0 aromatic heterocycles. The molecule has 7 heteroatoms. The quantitative estimate of drug-likeness (QED) is 0.246. The zero-order valence-electron chi connectivity index (χ0n) is 26.9. The van der Waals surface area contributed by atoms with Crippen molar-refractivity contribution in [3.8, 4) is 0 Å². The summed E-state index contributed by atoms with van der Waals surface area (Å²) in [5.41, 5.74) is 2.03. The minimum atomic E-state index is -1.70. The van der Waals surface area contributed by atoms with Crippen LogP contribution in [0, 0.1) is 52.3 Å². The maximum absolute atomic E-state index is 11.5. The second-order valence-corrected chi connectivity index (χ2v) is 15.7. The monoisotopic (exact) mass is 590 g/mol. The average Bonchev–Trinajstić information content (AvgIpc) is 3.30. The van der Waals surface area contributed by atoms with Crippen molar-refractivity contribution in [2.24, 2.45) is 52.3 Å². The van der Waals surface area contributed by atoms with Crippen LogP contribution in [0.25, 0.3) is 0 Å². The zero-order valence-corrected chi connectivity index (χ0v) is 26.9. The Kier molecular flexibility index (Phi) is 9.58. The topological polar surface area (TPSA) is 116 Å². The molecule has 0 aromatic rings. The van der Waals surface area contributed by atoms with Gasteiger partial charge in [-0.3, -0.25) is 0 Å². The van der Waals surface area contributed by atoms with Crippen molar-refractivity contribution in [2.75, 3.05) is 0 Å². The Hall–Kier alpha value is -0.990. The first-order chi connectivity index (χ1) is 19.8. The fourth-order valence-corrected chi connectivity index (χ4v) is 10.8. The molecule has 1 unspecified atom stereocenters. The van der Waals surface area contributed by atoms with E-state index in [0.29, 0.717) is 11.3 Å². The fraction of sp³-hybridized carbons (Fsp3) is 0.914. The number of ether oxygens (including phenoxy) is 2. The van der Waals surface area contributed by atoms with E-state index in [1.807, 2.05) is 0 Å². The van der Waals surface area contributed by atoms with Crippen molar-refractivity contribution in [1.29, 1.82) is 0 Å². The standard InChI is InChI=1S/C35H58O7/c1-7-21(19(2)3)9-8-20(4)25-12-13-26-24-11-10-22-18-23(14-16-34(22,5)27(24)15-17-35(25,26)6)41-33-30(38)28(36)29(37)31(42-33)32(39)40/h10,19-21,23-31,33,36-38H,7-9,11-18H2,1-6H3,(H,39,40)/t20-,21-,23?,24+,25-,26+,27+,28+,29+,30-,31+,33-,34+,35-/m1/s1. The van der Waals surface area contributed by atoms with Gasteiger partial charge in [-0.2, -0.15) is 0 Å². The summed E-state index contributed by atoms with van der Waals surface area (Å²) in [7, 11) is 0. The van der Waals surface area contributed by atoms with Crippen LogP contribution >= 0.6 is 0 Å². The Labute approximate surface area is 253 Å². The van der Waals surface area contributed by atoms with Gasteiger partial charge in [0.05, 0.1) is 6.10 Å². The van der Waals surface area contributed by atoms with Gasteiger partial charge in [0.1, 0.15) is 18.3 Å². The maximum atomic E-state index is 11.5. The van der Waals surface area contributed by atoms with E-state index in [-0.39, 0.29) is 11.5 Å². The molecule has 14 atom stereocenters. The van der Waals surface area contributed by atoms with E-state index in [1.165, 1.54) is 50.5 Å². The van der Waals surface area contributed by atoms with Gasteiger partial charge in [0.15, 0.2) is 12.4 Å². The first-order valence-corrected chi connectivity index (χ1v) is 17.1. The smallest absolute Gasteiger partial charge is 0.335 e. The predicted octanol–water partition coefficient (Wildman–Crippen LogP) is 5.94. The van der Waals surface area contributed by atoms with Crippen LogP contribution in [0.5, 0.6) is 0 Å². The number of carbonyl (C=O) groups is 1. The number of rotatable bonds is 9. The minimum Gasteiger partial charge on any atom is -0.479 e. The number of hydrogen-bond donors (Lipinski definition) is 4.